The molecule has 82 valence electrons. The van der Waals surface area contributed by atoms with Gasteiger partial charge in [-0.15, -0.1) is 11.3 Å². The summed E-state index contributed by atoms with van der Waals surface area (Å²) in [6.45, 7) is 5.70. The number of hydrogen-bond donors (Lipinski definition) is 1. The molecular formula is C11H14BrNOS. The number of thiophene rings is 1. The van der Waals surface area contributed by atoms with Crippen molar-refractivity contribution in [2.75, 3.05) is 0 Å². The zero-order valence-electron chi connectivity index (χ0n) is 9.04. The lowest BCUT2D eigenvalue weighted by atomic mass is 9.82. The van der Waals surface area contributed by atoms with Gasteiger partial charge in [0.05, 0.1) is 11.5 Å². The quantitative estimate of drug-likeness (QED) is 0.919. The Balaban J connectivity index is 3.04. The second-order valence-corrected chi connectivity index (χ2v) is 5.98. The van der Waals surface area contributed by atoms with Crippen LogP contribution in [0.1, 0.15) is 36.1 Å². The molecule has 0 amide bonds. The summed E-state index contributed by atoms with van der Waals surface area (Å²) in [6, 6.07) is 4.10. The molecule has 0 radical (unpaired) electrons. The first-order valence-electron chi connectivity index (χ1n) is 4.79. The summed E-state index contributed by atoms with van der Waals surface area (Å²) in [5, 5.41) is 19.2. The summed E-state index contributed by atoms with van der Waals surface area (Å²) >= 11 is 4.94. The minimum absolute atomic E-state index is 0.638. The van der Waals surface area contributed by atoms with Gasteiger partial charge >= 0.3 is 0 Å². The van der Waals surface area contributed by atoms with Crippen molar-refractivity contribution in [1.82, 2.24) is 0 Å². The van der Waals surface area contributed by atoms with Crippen molar-refractivity contribution in [2.45, 2.75) is 33.3 Å². The molecule has 1 N–H and O–H groups in total. The molecule has 1 heterocycles. The van der Waals surface area contributed by atoms with Crippen LogP contribution in [0.2, 0.25) is 0 Å². The molecule has 1 rings (SSSR count). The van der Waals surface area contributed by atoms with Crippen LogP contribution in [0.15, 0.2) is 10.5 Å². The number of nitriles is 1. The average Bonchev–Trinajstić information content (AvgIpc) is 2.57. The Hall–Kier alpha value is -0.370. The number of halogens is 1. The normalized spacial score (nSPS) is 16.8. The first kappa shape index (κ1) is 12.7. The second-order valence-electron chi connectivity index (χ2n) is 3.84. The van der Waals surface area contributed by atoms with Gasteiger partial charge in [0.25, 0.3) is 0 Å². The van der Waals surface area contributed by atoms with Crippen molar-refractivity contribution >= 4 is 27.3 Å². The summed E-state index contributed by atoms with van der Waals surface area (Å²) in [7, 11) is 0. The molecule has 0 aliphatic carbocycles. The van der Waals surface area contributed by atoms with Gasteiger partial charge in [-0.1, -0.05) is 6.92 Å². The van der Waals surface area contributed by atoms with Crippen molar-refractivity contribution in [1.29, 1.82) is 5.26 Å². The first-order valence-corrected chi connectivity index (χ1v) is 6.40. The van der Waals surface area contributed by atoms with Gasteiger partial charge in [-0.05, 0) is 42.3 Å². The van der Waals surface area contributed by atoms with Crippen LogP contribution in [0.4, 0.5) is 0 Å². The number of hydrogen-bond acceptors (Lipinski definition) is 3. The molecule has 2 unspecified atom stereocenters. The monoisotopic (exact) mass is 287 g/mol. The fourth-order valence-electron chi connectivity index (χ4n) is 1.26. The van der Waals surface area contributed by atoms with Crippen LogP contribution in [0.3, 0.4) is 0 Å². The third kappa shape index (κ3) is 2.41. The highest BCUT2D eigenvalue weighted by molar-refractivity contribution is 9.10. The van der Waals surface area contributed by atoms with E-state index >= 15 is 0 Å². The lowest BCUT2D eigenvalue weighted by molar-refractivity contribution is 0.0754. The summed E-state index contributed by atoms with van der Waals surface area (Å²) in [4.78, 5) is 1.98. The molecule has 0 aliphatic heterocycles. The van der Waals surface area contributed by atoms with E-state index in [-0.39, 0.29) is 0 Å². The van der Waals surface area contributed by atoms with Gasteiger partial charge in [-0.25, -0.2) is 0 Å². The van der Waals surface area contributed by atoms with Crippen molar-refractivity contribution in [2.24, 2.45) is 5.41 Å². The van der Waals surface area contributed by atoms with Crippen LogP contribution in [-0.2, 0) is 0 Å². The summed E-state index contributed by atoms with van der Waals surface area (Å²) < 4.78 is 0.998. The smallest absolute Gasteiger partial charge is 0.106 e. The Morgan fingerprint density at radius 2 is 2.33 bits per heavy atom. The summed E-state index contributed by atoms with van der Waals surface area (Å²) in [5.74, 6) is 0. The Labute approximate surface area is 103 Å². The molecule has 0 spiro atoms. The van der Waals surface area contributed by atoms with Gasteiger partial charge in [-0.3, -0.25) is 0 Å². The second kappa shape index (κ2) is 4.65. The summed E-state index contributed by atoms with van der Waals surface area (Å²) in [5.41, 5.74) is -0.698. The van der Waals surface area contributed by atoms with E-state index < -0.39 is 11.5 Å². The Morgan fingerprint density at radius 3 is 2.67 bits per heavy atom. The van der Waals surface area contributed by atoms with E-state index in [1.54, 1.807) is 6.92 Å². The van der Waals surface area contributed by atoms with E-state index in [1.807, 2.05) is 19.9 Å². The highest BCUT2D eigenvalue weighted by Gasteiger charge is 2.33. The maximum absolute atomic E-state index is 10.1. The Morgan fingerprint density at radius 1 is 1.73 bits per heavy atom. The minimum atomic E-state index is -0.706. The SMILES string of the molecule is CCC(C)(C#N)C(O)c1cc(Br)c(C)s1. The van der Waals surface area contributed by atoms with E-state index in [4.69, 9.17) is 5.26 Å². The zero-order chi connectivity index (χ0) is 11.6. The zero-order valence-corrected chi connectivity index (χ0v) is 11.4. The molecule has 0 fully saturated rings. The molecule has 0 saturated carbocycles. The van der Waals surface area contributed by atoms with E-state index in [0.29, 0.717) is 6.42 Å². The number of nitrogens with zero attached hydrogens (tertiary/aromatic N) is 1. The molecule has 0 aromatic carbocycles. The molecule has 2 nitrogen and oxygen atoms in total. The first-order chi connectivity index (χ1) is 6.94. The van der Waals surface area contributed by atoms with E-state index in [9.17, 15) is 5.11 Å². The van der Waals surface area contributed by atoms with Crippen LogP contribution >= 0.6 is 27.3 Å². The van der Waals surface area contributed by atoms with E-state index in [2.05, 4.69) is 22.0 Å². The molecule has 0 bridgehead atoms. The molecule has 0 saturated heterocycles. The number of aliphatic hydroxyl groups excluding tert-OH is 1. The number of aliphatic hydroxyl groups is 1. The molecule has 2 atom stereocenters. The average molecular weight is 288 g/mol. The molecule has 1 aromatic rings. The minimum Gasteiger partial charge on any atom is -0.386 e. The van der Waals surface area contributed by atoms with Crippen molar-refractivity contribution in [3.8, 4) is 6.07 Å². The third-order valence-electron chi connectivity index (χ3n) is 2.74. The summed E-state index contributed by atoms with van der Waals surface area (Å²) in [6.07, 6.45) is -0.0679. The fraction of sp³-hybridized carbons (Fsp3) is 0.545. The Bertz CT molecular complexity index is 376. The Kier molecular flexibility index (Phi) is 3.93. The van der Waals surface area contributed by atoms with Crippen LogP contribution in [0.5, 0.6) is 0 Å². The lowest BCUT2D eigenvalue weighted by Crippen LogP contribution is -2.22. The molecule has 15 heavy (non-hydrogen) atoms. The topological polar surface area (TPSA) is 44.0 Å². The van der Waals surface area contributed by atoms with Crippen LogP contribution in [0.25, 0.3) is 0 Å². The predicted molar refractivity (Wildman–Crippen MR) is 65.7 cm³/mol. The lowest BCUT2D eigenvalue weighted by Gasteiger charge is -2.25. The highest BCUT2D eigenvalue weighted by atomic mass is 79.9. The molecule has 0 aliphatic rings. The maximum Gasteiger partial charge on any atom is 0.106 e. The van der Waals surface area contributed by atoms with Crippen molar-refractivity contribution < 1.29 is 5.11 Å². The van der Waals surface area contributed by atoms with Gasteiger partial charge in [0, 0.05) is 14.2 Å². The van der Waals surface area contributed by atoms with Crippen LogP contribution < -0.4 is 0 Å². The van der Waals surface area contributed by atoms with Gasteiger partial charge in [0.2, 0.25) is 0 Å². The van der Waals surface area contributed by atoms with Gasteiger partial charge < -0.3 is 5.11 Å². The van der Waals surface area contributed by atoms with E-state index in [1.165, 1.54) is 11.3 Å². The van der Waals surface area contributed by atoms with Gasteiger partial charge in [-0.2, -0.15) is 5.26 Å². The fourth-order valence-corrected chi connectivity index (χ4v) is 2.96. The molecular weight excluding hydrogens is 274 g/mol. The van der Waals surface area contributed by atoms with Crippen LogP contribution in [-0.4, -0.2) is 5.11 Å². The van der Waals surface area contributed by atoms with Crippen molar-refractivity contribution in [3.05, 3.63) is 20.3 Å². The number of aryl methyl sites for hydroxylation is 1. The number of rotatable bonds is 3. The van der Waals surface area contributed by atoms with Gasteiger partial charge in [0.1, 0.15) is 6.10 Å². The largest absolute Gasteiger partial charge is 0.386 e. The molecule has 1 aromatic heterocycles. The molecule has 4 heteroatoms. The van der Waals surface area contributed by atoms with Crippen LogP contribution in [0, 0.1) is 23.7 Å². The predicted octanol–water partition coefficient (Wildman–Crippen LogP) is 3.79. The van der Waals surface area contributed by atoms with E-state index in [0.717, 1.165) is 14.2 Å². The third-order valence-corrected chi connectivity index (χ3v) is 4.93. The highest BCUT2D eigenvalue weighted by Crippen LogP contribution is 2.41. The maximum atomic E-state index is 10.1. The van der Waals surface area contributed by atoms with Crippen molar-refractivity contribution in [3.63, 3.8) is 0 Å². The standard InChI is InChI=1S/C11H14BrNOS/c1-4-11(3,6-13)10(14)9-5-8(12)7(2)15-9/h5,10,14H,4H2,1-3H3. The van der Waals surface area contributed by atoms with Gasteiger partial charge in [0.15, 0.2) is 0 Å².